The van der Waals surface area contributed by atoms with Gasteiger partial charge in [0.2, 0.25) is 0 Å². The molecule has 0 aromatic carbocycles. The van der Waals surface area contributed by atoms with Gasteiger partial charge in [0.15, 0.2) is 5.72 Å². The standard InChI is InChI=1S/C11H19N3O3/c1-2-3-6-16-8-10-7-11(9-15,17-10)14-5-4-12-13-14/h4-5,10,15H,2-3,6-9H2,1H3. The average molecular weight is 241 g/mol. The van der Waals surface area contributed by atoms with Crippen molar-refractivity contribution in [2.24, 2.45) is 0 Å². The Morgan fingerprint density at radius 3 is 3.06 bits per heavy atom. The lowest BCUT2D eigenvalue weighted by molar-refractivity contribution is -0.288. The molecule has 1 N–H and O–H groups in total. The lowest BCUT2D eigenvalue weighted by Crippen LogP contribution is -2.56. The normalized spacial score (nSPS) is 28.0. The average Bonchev–Trinajstić information content (AvgIpc) is 2.81. The summed E-state index contributed by atoms with van der Waals surface area (Å²) >= 11 is 0. The van der Waals surface area contributed by atoms with Gasteiger partial charge in [0.05, 0.1) is 25.5 Å². The molecule has 2 heterocycles. The number of aliphatic hydroxyl groups excluding tert-OH is 1. The first-order chi connectivity index (χ1) is 8.30. The second-order valence-electron chi connectivity index (χ2n) is 4.32. The third-order valence-corrected chi connectivity index (χ3v) is 2.97. The smallest absolute Gasteiger partial charge is 0.188 e. The van der Waals surface area contributed by atoms with E-state index >= 15 is 0 Å². The Kier molecular flexibility index (Phi) is 4.09. The summed E-state index contributed by atoms with van der Waals surface area (Å²) in [4.78, 5) is 0. The number of hydrogen-bond donors (Lipinski definition) is 1. The van der Waals surface area contributed by atoms with Crippen molar-refractivity contribution in [3.05, 3.63) is 12.4 Å². The van der Waals surface area contributed by atoms with Gasteiger partial charge < -0.3 is 14.6 Å². The highest BCUT2D eigenvalue weighted by Crippen LogP contribution is 2.36. The highest BCUT2D eigenvalue weighted by Gasteiger charge is 2.47. The van der Waals surface area contributed by atoms with E-state index in [4.69, 9.17) is 9.47 Å². The van der Waals surface area contributed by atoms with Crippen molar-refractivity contribution in [1.82, 2.24) is 15.0 Å². The van der Waals surface area contributed by atoms with E-state index in [0.717, 1.165) is 19.4 Å². The van der Waals surface area contributed by atoms with E-state index in [1.165, 1.54) is 0 Å². The predicted molar refractivity (Wildman–Crippen MR) is 60.3 cm³/mol. The van der Waals surface area contributed by atoms with Crippen molar-refractivity contribution < 1.29 is 14.6 Å². The van der Waals surface area contributed by atoms with Gasteiger partial charge >= 0.3 is 0 Å². The zero-order valence-electron chi connectivity index (χ0n) is 10.1. The fraction of sp³-hybridized carbons (Fsp3) is 0.818. The van der Waals surface area contributed by atoms with Crippen molar-refractivity contribution in [3.63, 3.8) is 0 Å². The SMILES string of the molecule is CCCCOCC1CC(CO)(n2ccnn2)O1. The first-order valence-electron chi connectivity index (χ1n) is 6.04. The van der Waals surface area contributed by atoms with Crippen LogP contribution in [0.3, 0.4) is 0 Å². The third kappa shape index (κ3) is 2.65. The van der Waals surface area contributed by atoms with Crippen LogP contribution in [0.1, 0.15) is 26.2 Å². The third-order valence-electron chi connectivity index (χ3n) is 2.97. The molecule has 1 aliphatic rings. The molecule has 0 radical (unpaired) electrons. The van der Waals surface area contributed by atoms with E-state index in [-0.39, 0.29) is 12.7 Å². The molecule has 6 nitrogen and oxygen atoms in total. The van der Waals surface area contributed by atoms with Gasteiger partial charge in [-0.25, -0.2) is 4.68 Å². The zero-order chi connectivity index (χ0) is 12.1. The second kappa shape index (κ2) is 5.57. The molecule has 0 bridgehead atoms. The van der Waals surface area contributed by atoms with Gasteiger partial charge in [-0.3, -0.25) is 0 Å². The molecule has 2 unspecified atom stereocenters. The fourth-order valence-electron chi connectivity index (χ4n) is 1.96. The van der Waals surface area contributed by atoms with Crippen LogP contribution in [0.15, 0.2) is 12.4 Å². The lowest BCUT2D eigenvalue weighted by Gasteiger charge is -2.45. The van der Waals surface area contributed by atoms with Crippen LogP contribution < -0.4 is 0 Å². The summed E-state index contributed by atoms with van der Waals surface area (Å²) < 4.78 is 12.7. The minimum Gasteiger partial charge on any atom is -0.391 e. The summed E-state index contributed by atoms with van der Waals surface area (Å²) in [5.41, 5.74) is -0.727. The summed E-state index contributed by atoms with van der Waals surface area (Å²) in [5.74, 6) is 0. The molecule has 1 aromatic heterocycles. The second-order valence-corrected chi connectivity index (χ2v) is 4.32. The maximum atomic E-state index is 9.38. The van der Waals surface area contributed by atoms with Crippen molar-refractivity contribution >= 4 is 0 Å². The topological polar surface area (TPSA) is 69.4 Å². The molecule has 0 spiro atoms. The van der Waals surface area contributed by atoms with Crippen LogP contribution in [0.5, 0.6) is 0 Å². The first-order valence-corrected chi connectivity index (χ1v) is 6.04. The van der Waals surface area contributed by atoms with Crippen LogP contribution in [0, 0.1) is 0 Å². The summed E-state index contributed by atoms with van der Waals surface area (Å²) in [5, 5.41) is 17.0. The fourth-order valence-corrected chi connectivity index (χ4v) is 1.96. The molecule has 1 aromatic rings. The predicted octanol–water partition coefficient (Wildman–Crippen LogP) is 0.529. The van der Waals surface area contributed by atoms with Crippen LogP contribution >= 0.6 is 0 Å². The van der Waals surface area contributed by atoms with E-state index in [0.29, 0.717) is 13.0 Å². The van der Waals surface area contributed by atoms with Crippen molar-refractivity contribution in [3.8, 4) is 0 Å². The van der Waals surface area contributed by atoms with Gasteiger partial charge in [-0.05, 0) is 6.42 Å². The van der Waals surface area contributed by atoms with Gasteiger partial charge in [-0.2, -0.15) is 0 Å². The van der Waals surface area contributed by atoms with Crippen LogP contribution in [-0.2, 0) is 15.2 Å². The molecule has 17 heavy (non-hydrogen) atoms. The molecule has 6 heteroatoms. The van der Waals surface area contributed by atoms with Crippen LogP contribution in [0.2, 0.25) is 0 Å². The van der Waals surface area contributed by atoms with Crippen LogP contribution in [0.25, 0.3) is 0 Å². The van der Waals surface area contributed by atoms with E-state index in [2.05, 4.69) is 17.2 Å². The Hall–Kier alpha value is -0.980. The number of unbranched alkanes of at least 4 members (excludes halogenated alkanes) is 1. The molecule has 0 aliphatic carbocycles. The Bertz CT molecular complexity index is 323. The maximum absolute atomic E-state index is 9.38. The maximum Gasteiger partial charge on any atom is 0.188 e. The molecule has 0 amide bonds. The zero-order valence-corrected chi connectivity index (χ0v) is 10.1. The van der Waals surface area contributed by atoms with E-state index in [1.807, 2.05) is 0 Å². The summed E-state index contributed by atoms with van der Waals surface area (Å²) in [6, 6.07) is 0. The van der Waals surface area contributed by atoms with Gasteiger partial charge in [-0.15, -0.1) is 5.10 Å². The molecule has 1 saturated heterocycles. The summed E-state index contributed by atoms with van der Waals surface area (Å²) in [6.07, 6.45) is 6.23. The van der Waals surface area contributed by atoms with Crippen molar-refractivity contribution in [2.45, 2.75) is 38.0 Å². The number of aliphatic hydroxyl groups is 1. The Morgan fingerprint density at radius 1 is 1.65 bits per heavy atom. The van der Waals surface area contributed by atoms with Crippen LogP contribution in [0.4, 0.5) is 0 Å². The molecule has 96 valence electrons. The molecule has 1 fully saturated rings. The lowest BCUT2D eigenvalue weighted by atomic mass is 9.99. The number of ether oxygens (including phenoxy) is 2. The molecule has 2 rings (SSSR count). The quantitative estimate of drug-likeness (QED) is 0.705. The summed E-state index contributed by atoms with van der Waals surface area (Å²) in [7, 11) is 0. The minimum absolute atomic E-state index is 0.0446. The van der Waals surface area contributed by atoms with Gasteiger partial charge in [-0.1, -0.05) is 18.6 Å². The molecule has 0 saturated carbocycles. The summed E-state index contributed by atoms with van der Waals surface area (Å²) in [6.45, 7) is 3.38. The number of nitrogens with zero attached hydrogens (tertiary/aromatic N) is 3. The molecular weight excluding hydrogens is 222 g/mol. The Morgan fingerprint density at radius 2 is 2.47 bits per heavy atom. The van der Waals surface area contributed by atoms with E-state index in [9.17, 15) is 5.11 Å². The van der Waals surface area contributed by atoms with Gasteiger partial charge in [0, 0.05) is 19.2 Å². The van der Waals surface area contributed by atoms with Gasteiger partial charge in [0.25, 0.3) is 0 Å². The number of aromatic nitrogens is 3. The highest BCUT2D eigenvalue weighted by atomic mass is 16.6. The minimum atomic E-state index is -0.727. The molecular formula is C11H19N3O3. The largest absolute Gasteiger partial charge is 0.391 e. The molecule has 2 atom stereocenters. The molecule has 1 aliphatic heterocycles. The van der Waals surface area contributed by atoms with E-state index < -0.39 is 5.72 Å². The van der Waals surface area contributed by atoms with Crippen molar-refractivity contribution in [2.75, 3.05) is 19.8 Å². The Labute approximate surface area is 101 Å². The number of hydrogen-bond acceptors (Lipinski definition) is 5. The highest BCUT2D eigenvalue weighted by molar-refractivity contribution is 4.90. The van der Waals surface area contributed by atoms with Gasteiger partial charge in [0.1, 0.15) is 0 Å². The van der Waals surface area contributed by atoms with E-state index in [1.54, 1.807) is 17.1 Å². The first kappa shape index (κ1) is 12.5. The van der Waals surface area contributed by atoms with Crippen molar-refractivity contribution in [1.29, 1.82) is 0 Å². The Balaban J connectivity index is 1.76. The van der Waals surface area contributed by atoms with Crippen LogP contribution in [-0.4, -0.2) is 46.0 Å². The monoisotopic (exact) mass is 241 g/mol. The number of rotatable bonds is 7.